The predicted molar refractivity (Wildman–Crippen MR) is 85.6 cm³/mol. The molecule has 0 atom stereocenters. The molecule has 1 aliphatic rings. The molecule has 0 amide bonds. The lowest BCUT2D eigenvalue weighted by atomic mass is 10.3. The maximum atomic E-state index is 5.66. The van der Waals surface area contributed by atoms with Crippen molar-refractivity contribution in [3.63, 3.8) is 0 Å². The minimum absolute atomic E-state index is 0. The number of halogens is 1. The summed E-state index contributed by atoms with van der Waals surface area (Å²) in [5, 5.41) is 4.58. The maximum Gasteiger partial charge on any atom is 0.180 e. The summed E-state index contributed by atoms with van der Waals surface area (Å²) in [6.07, 6.45) is 1.88. The lowest BCUT2D eigenvalue weighted by Crippen LogP contribution is -2.45. The molecule has 6 nitrogen and oxygen atoms in total. The molecule has 0 aliphatic carbocycles. The van der Waals surface area contributed by atoms with E-state index in [0.717, 1.165) is 50.7 Å². The van der Waals surface area contributed by atoms with Crippen LogP contribution in [0.2, 0.25) is 0 Å². The summed E-state index contributed by atoms with van der Waals surface area (Å²) >= 11 is 1.58. The molecule has 8 heteroatoms. The molecule has 1 aliphatic heterocycles. The Morgan fingerprint density at radius 2 is 1.90 bits per heavy atom. The molecule has 116 valence electrons. The monoisotopic (exact) mass is 329 g/mol. The second-order valence-corrected chi connectivity index (χ2v) is 6.30. The quantitative estimate of drug-likeness (QED) is 0.921. The molecular weight excluding hydrogens is 310 g/mol. The van der Waals surface area contributed by atoms with Crippen LogP contribution in [0.15, 0.2) is 16.8 Å². The molecule has 3 heterocycles. The minimum Gasteiger partial charge on any atom is -0.375 e. The molecule has 0 bridgehead atoms. The second-order valence-electron chi connectivity index (χ2n) is 5.15. The highest BCUT2D eigenvalue weighted by Gasteiger charge is 2.18. The molecule has 2 aromatic heterocycles. The zero-order chi connectivity index (χ0) is 13.9. The summed E-state index contributed by atoms with van der Waals surface area (Å²) in [5.74, 6) is 0.950. The number of hydrogen-bond acceptors (Lipinski definition) is 7. The SMILES string of the molecule is Cc1cc(CN2CCN(Cc3cnc(N)s3)CC2)on1.Cl. The van der Waals surface area contributed by atoms with Gasteiger partial charge >= 0.3 is 0 Å². The van der Waals surface area contributed by atoms with Gasteiger partial charge < -0.3 is 10.3 Å². The normalized spacial score (nSPS) is 16.8. The van der Waals surface area contributed by atoms with E-state index < -0.39 is 0 Å². The van der Waals surface area contributed by atoms with Gasteiger partial charge in [-0.2, -0.15) is 0 Å². The van der Waals surface area contributed by atoms with E-state index in [1.54, 1.807) is 11.3 Å². The summed E-state index contributed by atoms with van der Waals surface area (Å²) in [6, 6.07) is 2.01. The zero-order valence-corrected chi connectivity index (χ0v) is 13.6. The number of thiazole rings is 1. The van der Waals surface area contributed by atoms with Crippen LogP contribution in [-0.4, -0.2) is 46.1 Å². The Bertz CT molecular complexity index is 514. The number of nitrogen functional groups attached to an aromatic ring is 1. The van der Waals surface area contributed by atoms with Gasteiger partial charge in [-0.15, -0.1) is 23.7 Å². The van der Waals surface area contributed by atoms with Crippen molar-refractivity contribution < 1.29 is 4.52 Å². The summed E-state index contributed by atoms with van der Waals surface area (Å²) in [5.41, 5.74) is 6.60. The Morgan fingerprint density at radius 3 is 2.43 bits per heavy atom. The predicted octanol–water partition coefficient (Wildman–Crippen LogP) is 1.76. The van der Waals surface area contributed by atoms with Crippen LogP contribution in [0.3, 0.4) is 0 Å². The van der Waals surface area contributed by atoms with Gasteiger partial charge in [-0.05, 0) is 6.92 Å². The summed E-state index contributed by atoms with van der Waals surface area (Å²) in [6.45, 7) is 7.97. The molecule has 2 N–H and O–H groups in total. The van der Waals surface area contributed by atoms with Gasteiger partial charge in [0.1, 0.15) is 0 Å². The Kier molecular flexibility index (Phi) is 5.58. The van der Waals surface area contributed by atoms with E-state index in [1.165, 1.54) is 4.88 Å². The van der Waals surface area contributed by atoms with Crippen LogP contribution in [0.1, 0.15) is 16.3 Å². The van der Waals surface area contributed by atoms with Crippen LogP contribution in [0.4, 0.5) is 5.13 Å². The third kappa shape index (κ3) is 4.41. The van der Waals surface area contributed by atoms with Crippen molar-refractivity contribution in [2.24, 2.45) is 0 Å². The van der Waals surface area contributed by atoms with E-state index >= 15 is 0 Å². The number of anilines is 1. The van der Waals surface area contributed by atoms with E-state index in [1.807, 2.05) is 19.2 Å². The molecule has 1 saturated heterocycles. The first kappa shape index (κ1) is 16.2. The molecule has 1 fully saturated rings. The molecule has 0 unspecified atom stereocenters. The Hall–Kier alpha value is -1.15. The molecule has 0 aromatic carbocycles. The fourth-order valence-corrected chi connectivity index (χ4v) is 3.16. The second kappa shape index (κ2) is 7.22. The number of nitrogens with zero attached hydrogens (tertiary/aromatic N) is 4. The molecule has 0 saturated carbocycles. The van der Waals surface area contributed by atoms with Gasteiger partial charge in [-0.1, -0.05) is 5.16 Å². The van der Waals surface area contributed by atoms with Crippen LogP contribution < -0.4 is 5.73 Å². The van der Waals surface area contributed by atoms with Gasteiger partial charge in [0.05, 0.1) is 12.2 Å². The Morgan fingerprint density at radius 1 is 1.24 bits per heavy atom. The highest BCUT2D eigenvalue weighted by atomic mass is 35.5. The molecule has 2 aromatic rings. The van der Waals surface area contributed by atoms with Crippen LogP contribution in [0.5, 0.6) is 0 Å². The van der Waals surface area contributed by atoms with Gasteiger partial charge in [-0.3, -0.25) is 9.80 Å². The van der Waals surface area contributed by atoms with Crippen molar-refractivity contribution in [2.75, 3.05) is 31.9 Å². The fraction of sp³-hybridized carbons (Fsp3) is 0.538. The highest BCUT2D eigenvalue weighted by molar-refractivity contribution is 7.15. The number of nitrogens with two attached hydrogens (primary N) is 1. The van der Waals surface area contributed by atoms with Crippen molar-refractivity contribution in [3.05, 3.63) is 28.6 Å². The first-order valence-electron chi connectivity index (χ1n) is 6.76. The third-order valence-electron chi connectivity index (χ3n) is 3.47. The number of aryl methyl sites for hydroxylation is 1. The number of aromatic nitrogens is 2. The molecule has 0 radical (unpaired) electrons. The van der Waals surface area contributed by atoms with Crippen molar-refractivity contribution in [3.8, 4) is 0 Å². The average Bonchev–Trinajstić information content (AvgIpc) is 3.01. The van der Waals surface area contributed by atoms with Gasteiger partial charge in [0, 0.05) is 49.9 Å². The van der Waals surface area contributed by atoms with Crippen molar-refractivity contribution in [1.29, 1.82) is 0 Å². The zero-order valence-electron chi connectivity index (χ0n) is 12.0. The summed E-state index contributed by atoms with van der Waals surface area (Å²) in [7, 11) is 0. The van der Waals surface area contributed by atoms with Gasteiger partial charge in [0.2, 0.25) is 0 Å². The standard InChI is InChI=1S/C13H19N5OS.ClH/c1-10-6-11(19-16-10)8-17-2-4-18(5-3-17)9-12-7-15-13(14)20-12;/h6-7H,2-5,8-9H2,1H3,(H2,14,15);1H. The average molecular weight is 330 g/mol. The molecular formula is C13H20ClN5OS. The van der Waals surface area contributed by atoms with Crippen LogP contribution >= 0.6 is 23.7 Å². The van der Waals surface area contributed by atoms with E-state index in [9.17, 15) is 0 Å². The summed E-state index contributed by atoms with van der Waals surface area (Å²) in [4.78, 5) is 10.2. The van der Waals surface area contributed by atoms with Crippen LogP contribution in [0, 0.1) is 6.92 Å². The van der Waals surface area contributed by atoms with Crippen molar-refractivity contribution in [2.45, 2.75) is 20.0 Å². The smallest absolute Gasteiger partial charge is 0.180 e. The van der Waals surface area contributed by atoms with Gasteiger partial charge in [0.25, 0.3) is 0 Å². The molecule has 21 heavy (non-hydrogen) atoms. The lowest BCUT2D eigenvalue weighted by molar-refractivity contribution is 0.114. The maximum absolute atomic E-state index is 5.66. The van der Waals surface area contributed by atoms with Gasteiger partial charge in [0.15, 0.2) is 10.9 Å². The van der Waals surface area contributed by atoms with Gasteiger partial charge in [-0.25, -0.2) is 4.98 Å². The van der Waals surface area contributed by atoms with Crippen molar-refractivity contribution in [1.82, 2.24) is 19.9 Å². The largest absolute Gasteiger partial charge is 0.375 e. The number of rotatable bonds is 4. The van der Waals surface area contributed by atoms with E-state index in [-0.39, 0.29) is 12.4 Å². The van der Waals surface area contributed by atoms with E-state index in [2.05, 4.69) is 19.9 Å². The Balaban J connectivity index is 0.00000161. The topological polar surface area (TPSA) is 71.4 Å². The fourth-order valence-electron chi connectivity index (χ4n) is 2.43. The molecule has 3 rings (SSSR count). The van der Waals surface area contributed by atoms with Crippen LogP contribution in [0.25, 0.3) is 0 Å². The number of piperazine rings is 1. The lowest BCUT2D eigenvalue weighted by Gasteiger charge is -2.33. The van der Waals surface area contributed by atoms with E-state index in [4.69, 9.17) is 10.3 Å². The van der Waals surface area contributed by atoms with Crippen LogP contribution in [-0.2, 0) is 13.1 Å². The summed E-state index contributed by atoms with van der Waals surface area (Å²) < 4.78 is 5.27. The van der Waals surface area contributed by atoms with E-state index in [0.29, 0.717) is 5.13 Å². The van der Waals surface area contributed by atoms with Crippen molar-refractivity contribution >= 4 is 28.9 Å². The number of hydrogen-bond donors (Lipinski definition) is 1. The Labute approximate surface area is 134 Å². The first-order chi connectivity index (χ1) is 9.69. The first-order valence-corrected chi connectivity index (χ1v) is 7.58. The third-order valence-corrected chi connectivity index (χ3v) is 4.28. The minimum atomic E-state index is 0. The molecule has 0 spiro atoms. The highest BCUT2D eigenvalue weighted by Crippen LogP contribution is 2.18.